The highest BCUT2D eigenvalue weighted by atomic mass is 35.5. The molecule has 4 nitrogen and oxygen atoms in total. The molecule has 0 aromatic carbocycles. The van der Waals surface area contributed by atoms with Gasteiger partial charge >= 0.3 is 0 Å². The van der Waals surface area contributed by atoms with E-state index in [-0.39, 0.29) is 12.3 Å². The number of alkyl halides is 1. The van der Waals surface area contributed by atoms with Gasteiger partial charge in [0.1, 0.15) is 0 Å². The Bertz CT molecular complexity index is 265. The average molecular weight is 258 g/mol. The Hall–Kier alpha value is 0.160. The van der Waals surface area contributed by atoms with Crippen LogP contribution in [-0.4, -0.2) is 37.3 Å². The molecule has 0 saturated heterocycles. The van der Waals surface area contributed by atoms with E-state index in [2.05, 4.69) is 4.72 Å². The summed E-state index contributed by atoms with van der Waals surface area (Å²) in [6, 6.07) is 0. The minimum atomic E-state index is -3.27. The fourth-order valence-corrected chi connectivity index (χ4v) is 2.30. The Kier molecular flexibility index (Phi) is 6.75. The van der Waals surface area contributed by atoms with Crippen LogP contribution in [0.1, 0.15) is 33.1 Å². The van der Waals surface area contributed by atoms with E-state index in [0.717, 1.165) is 0 Å². The number of unbranched alkanes of at least 4 members (excludes halogenated alkanes) is 1. The summed E-state index contributed by atoms with van der Waals surface area (Å²) < 4.78 is 25.2. The Morgan fingerprint density at radius 1 is 1.40 bits per heavy atom. The highest BCUT2D eigenvalue weighted by Crippen LogP contribution is 2.07. The predicted octanol–water partition coefficient (Wildman–Crippen LogP) is 1.09. The molecular weight excluding hydrogens is 238 g/mol. The summed E-state index contributed by atoms with van der Waals surface area (Å²) in [4.78, 5) is 0. The highest BCUT2D eigenvalue weighted by Gasteiger charge is 2.20. The van der Waals surface area contributed by atoms with E-state index in [1.165, 1.54) is 0 Å². The molecule has 0 aliphatic carbocycles. The molecule has 0 bridgehead atoms. The van der Waals surface area contributed by atoms with Crippen molar-refractivity contribution >= 4 is 21.6 Å². The van der Waals surface area contributed by atoms with Gasteiger partial charge in [-0.3, -0.25) is 0 Å². The normalized spacial score (nSPS) is 16.3. The van der Waals surface area contributed by atoms with E-state index in [1.807, 2.05) is 6.92 Å². The molecule has 0 aromatic heterocycles. The molecule has 0 aliphatic rings. The van der Waals surface area contributed by atoms with E-state index in [9.17, 15) is 13.5 Å². The second kappa shape index (κ2) is 6.68. The third-order valence-corrected chi connectivity index (χ3v) is 3.91. The van der Waals surface area contributed by atoms with Crippen molar-refractivity contribution in [3.8, 4) is 0 Å². The predicted molar refractivity (Wildman–Crippen MR) is 62.7 cm³/mol. The number of hydrogen-bond acceptors (Lipinski definition) is 3. The molecule has 0 radical (unpaired) electrons. The van der Waals surface area contributed by atoms with Gasteiger partial charge in [0.05, 0.1) is 11.4 Å². The van der Waals surface area contributed by atoms with Crippen LogP contribution in [0.15, 0.2) is 0 Å². The lowest BCUT2D eigenvalue weighted by atomic mass is 10.1. The summed E-state index contributed by atoms with van der Waals surface area (Å²) in [6.07, 6.45) is 1.75. The maximum atomic E-state index is 11.4. The van der Waals surface area contributed by atoms with Crippen LogP contribution in [0.2, 0.25) is 0 Å². The first-order valence-electron chi connectivity index (χ1n) is 5.08. The molecule has 92 valence electrons. The van der Waals surface area contributed by atoms with Crippen molar-refractivity contribution in [2.75, 3.05) is 18.2 Å². The second-order valence-corrected chi connectivity index (χ2v) is 6.19. The van der Waals surface area contributed by atoms with Crippen molar-refractivity contribution < 1.29 is 13.5 Å². The lowest BCUT2D eigenvalue weighted by Crippen LogP contribution is -2.40. The van der Waals surface area contributed by atoms with Gasteiger partial charge in [0.2, 0.25) is 10.0 Å². The molecule has 0 aliphatic heterocycles. The Balaban J connectivity index is 3.94. The van der Waals surface area contributed by atoms with Gasteiger partial charge in [0, 0.05) is 12.4 Å². The van der Waals surface area contributed by atoms with Gasteiger partial charge in [0.15, 0.2) is 0 Å². The van der Waals surface area contributed by atoms with Gasteiger partial charge in [-0.25, -0.2) is 13.1 Å². The van der Waals surface area contributed by atoms with Crippen LogP contribution in [0.3, 0.4) is 0 Å². The number of hydrogen-bond donors (Lipinski definition) is 2. The first kappa shape index (κ1) is 15.2. The molecule has 1 unspecified atom stereocenters. The minimum Gasteiger partial charge on any atom is -0.389 e. The van der Waals surface area contributed by atoms with E-state index in [1.54, 1.807) is 6.92 Å². The fraction of sp³-hybridized carbons (Fsp3) is 1.00. The summed E-state index contributed by atoms with van der Waals surface area (Å²) in [7, 11) is -3.27. The smallest absolute Gasteiger partial charge is 0.211 e. The van der Waals surface area contributed by atoms with Crippen LogP contribution in [0.5, 0.6) is 0 Å². The molecule has 0 aromatic rings. The Morgan fingerprint density at radius 3 is 2.47 bits per heavy atom. The topological polar surface area (TPSA) is 66.4 Å². The van der Waals surface area contributed by atoms with Gasteiger partial charge in [-0.2, -0.15) is 0 Å². The zero-order valence-corrected chi connectivity index (χ0v) is 10.9. The molecule has 6 heteroatoms. The Labute approximate surface area is 97.1 Å². The third kappa shape index (κ3) is 8.02. The number of sulfonamides is 1. The van der Waals surface area contributed by atoms with Crippen molar-refractivity contribution in [3.63, 3.8) is 0 Å². The lowest BCUT2D eigenvalue weighted by molar-refractivity contribution is 0.0613. The van der Waals surface area contributed by atoms with Crippen LogP contribution >= 0.6 is 11.6 Å². The second-order valence-electron chi connectivity index (χ2n) is 3.89. The van der Waals surface area contributed by atoms with Crippen LogP contribution < -0.4 is 4.72 Å². The largest absolute Gasteiger partial charge is 0.389 e. The van der Waals surface area contributed by atoms with E-state index in [4.69, 9.17) is 11.6 Å². The first-order valence-corrected chi connectivity index (χ1v) is 7.27. The third-order valence-electron chi connectivity index (χ3n) is 2.23. The molecule has 0 rings (SSSR count). The molecule has 0 fully saturated rings. The van der Waals surface area contributed by atoms with Gasteiger partial charge in [0.25, 0.3) is 0 Å². The van der Waals surface area contributed by atoms with Crippen LogP contribution in [0.4, 0.5) is 0 Å². The summed E-state index contributed by atoms with van der Waals surface area (Å²) in [6.45, 7) is 3.47. The van der Waals surface area contributed by atoms with Gasteiger partial charge in [-0.1, -0.05) is 6.92 Å². The van der Waals surface area contributed by atoms with Crippen LogP contribution in [0.25, 0.3) is 0 Å². The molecule has 2 N–H and O–H groups in total. The highest BCUT2D eigenvalue weighted by molar-refractivity contribution is 7.89. The zero-order chi connectivity index (χ0) is 11.9. The van der Waals surface area contributed by atoms with Gasteiger partial charge in [-0.05, 0) is 26.2 Å². The monoisotopic (exact) mass is 257 g/mol. The fourth-order valence-electron chi connectivity index (χ4n) is 0.849. The SMILES string of the molecule is CCC(C)(O)CNS(=O)(=O)CCCCCl. The van der Waals surface area contributed by atoms with Crippen molar-refractivity contribution in [2.45, 2.75) is 38.7 Å². The standard InChI is InChI=1S/C9H20ClNO3S/c1-3-9(2,12)8-11-15(13,14)7-5-4-6-10/h11-12H,3-8H2,1-2H3. The lowest BCUT2D eigenvalue weighted by Gasteiger charge is -2.21. The molecule has 15 heavy (non-hydrogen) atoms. The molecule has 1 atom stereocenters. The number of rotatable bonds is 8. The van der Waals surface area contributed by atoms with Crippen molar-refractivity contribution in [2.24, 2.45) is 0 Å². The van der Waals surface area contributed by atoms with E-state index in [0.29, 0.717) is 25.1 Å². The first-order chi connectivity index (χ1) is 6.83. The van der Waals surface area contributed by atoms with E-state index < -0.39 is 15.6 Å². The summed E-state index contributed by atoms with van der Waals surface area (Å²) >= 11 is 5.45. The zero-order valence-electron chi connectivity index (χ0n) is 9.29. The van der Waals surface area contributed by atoms with Crippen molar-refractivity contribution in [3.05, 3.63) is 0 Å². The molecule has 0 saturated carbocycles. The van der Waals surface area contributed by atoms with E-state index >= 15 is 0 Å². The number of aliphatic hydroxyl groups is 1. The molecular formula is C9H20ClNO3S. The van der Waals surface area contributed by atoms with Crippen molar-refractivity contribution in [1.29, 1.82) is 0 Å². The van der Waals surface area contributed by atoms with Gasteiger partial charge in [-0.15, -0.1) is 11.6 Å². The van der Waals surface area contributed by atoms with Crippen LogP contribution in [0, 0.1) is 0 Å². The average Bonchev–Trinajstić information content (AvgIpc) is 2.16. The molecule has 0 amide bonds. The van der Waals surface area contributed by atoms with Crippen molar-refractivity contribution in [1.82, 2.24) is 4.72 Å². The number of halogens is 1. The summed E-state index contributed by atoms with van der Waals surface area (Å²) in [5.74, 6) is 0.543. The Morgan fingerprint density at radius 2 is 2.00 bits per heavy atom. The minimum absolute atomic E-state index is 0.0622. The number of nitrogens with one attached hydrogen (secondary N) is 1. The summed E-state index contributed by atoms with van der Waals surface area (Å²) in [5, 5.41) is 9.61. The molecule has 0 spiro atoms. The van der Waals surface area contributed by atoms with Crippen LogP contribution in [-0.2, 0) is 10.0 Å². The maximum absolute atomic E-state index is 11.4. The molecule has 0 heterocycles. The summed E-state index contributed by atoms with van der Waals surface area (Å²) in [5.41, 5.74) is -0.973. The van der Waals surface area contributed by atoms with Gasteiger partial charge < -0.3 is 5.11 Å². The quantitative estimate of drug-likeness (QED) is 0.505. The maximum Gasteiger partial charge on any atom is 0.211 e.